The molecule has 5 heteroatoms. The molecule has 0 saturated carbocycles. The van der Waals surface area contributed by atoms with E-state index in [0.29, 0.717) is 0 Å². The minimum absolute atomic E-state index is 0.252. The summed E-state index contributed by atoms with van der Waals surface area (Å²) in [5.74, 6) is -1.78. The summed E-state index contributed by atoms with van der Waals surface area (Å²) >= 11 is 3.48. The maximum absolute atomic E-state index is 10.2. The second kappa shape index (κ2) is 10.9. The Morgan fingerprint density at radius 1 is 0.700 bits per heavy atom. The van der Waals surface area contributed by atoms with Crippen molar-refractivity contribution in [2.75, 3.05) is 0 Å². The third-order valence-corrected chi connectivity index (χ3v) is 12.4. The predicted octanol–water partition coefficient (Wildman–Crippen LogP) is 2.61. The summed E-state index contributed by atoms with van der Waals surface area (Å²) in [4.78, 5) is 10.2. The summed E-state index contributed by atoms with van der Waals surface area (Å²) in [5, 5.41) is 19.4. The van der Waals surface area contributed by atoms with Crippen LogP contribution >= 0.6 is 11.6 Å². The molecule has 0 spiro atoms. The van der Waals surface area contributed by atoms with Crippen LogP contribution in [0.15, 0.2) is 109 Å². The first-order chi connectivity index (χ1) is 14.6. The fourth-order valence-corrected chi connectivity index (χ4v) is 10.5. The van der Waals surface area contributed by atoms with Crippen molar-refractivity contribution in [2.24, 2.45) is 0 Å². The van der Waals surface area contributed by atoms with Crippen molar-refractivity contribution < 1.29 is 15.0 Å². The van der Waals surface area contributed by atoms with Gasteiger partial charge >= 0.3 is 121 Å². The standard InChI is InChI=1S/C7H5ClO3.3C6H5.Sn/c8-4-1-2-6(9)5(3-4)7(10)11;3*1-2-4-6-5-3-1;/h1-3,9H,(H,10,11);3*1-5H;/q;;;;+1/p-1. The van der Waals surface area contributed by atoms with Crippen molar-refractivity contribution >= 4 is 48.1 Å². The Balaban J connectivity index is 0.000000199. The number of carboxylic acids is 1. The quantitative estimate of drug-likeness (QED) is 0.420. The van der Waals surface area contributed by atoms with Crippen LogP contribution in [0.2, 0.25) is 5.02 Å². The Bertz CT molecular complexity index is 993. The van der Waals surface area contributed by atoms with Crippen molar-refractivity contribution in [1.82, 2.24) is 0 Å². The van der Waals surface area contributed by atoms with E-state index in [4.69, 9.17) is 16.7 Å². The van der Waals surface area contributed by atoms with Crippen LogP contribution in [0.3, 0.4) is 0 Å². The van der Waals surface area contributed by atoms with Gasteiger partial charge in [0, 0.05) is 10.6 Å². The number of halogens is 1. The summed E-state index contributed by atoms with van der Waals surface area (Å²) in [6.07, 6.45) is 0. The molecule has 0 saturated heterocycles. The van der Waals surface area contributed by atoms with Crippen LogP contribution in [0.4, 0.5) is 0 Å². The molecule has 0 radical (unpaired) electrons. The van der Waals surface area contributed by atoms with E-state index in [1.165, 1.54) is 22.9 Å². The summed E-state index contributed by atoms with van der Waals surface area (Å²) in [7, 11) is 0. The molecule has 30 heavy (non-hydrogen) atoms. The van der Waals surface area contributed by atoms with Crippen LogP contribution < -0.4 is 15.8 Å². The molecule has 148 valence electrons. The molecule has 0 aliphatic rings. The van der Waals surface area contributed by atoms with E-state index in [2.05, 4.69) is 91.0 Å². The zero-order valence-corrected chi connectivity index (χ0v) is 19.6. The Labute approximate surface area is 188 Å². The third-order valence-electron chi connectivity index (χ3n) is 4.37. The minimum atomic E-state index is -1.98. The first-order valence-electron chi connectivity index (χ1n) is 9.29. The number of benzene rings is 4. The molecule has 4 aromatic rings. The Morgan fingerprint density at radius 3 is 1.43 bits per heavy atom. The number of aromatic carboxylic acids is 1. The molecule has 4 aromatic carbocycles. The molecule has 0 amide bonds. The van der Waals surface area contributed by atoms with Crippen LogP contribution in [0.1, 0.15) is 10.4 Å². The van der Waals surface area contributed by atoms with E-state index < -0.39 is 25.7 Å². The first-order valence-corrected chi connectivity index (χ1v) is 14.0. The molecular weight excluding hydrogens is 502 g/mol. The topological polar surface area (TPSA) is 60.4 Å². The zero-order chi connectivity index (χ0) is 21.3. The van der Waals surface area contributed by atoms with Crippen LogP contribution in [-0.2, 0) is 0 Å². The average molecular weight is 522 g/mol. The van der Waals surface area contributed by atoms with Gasteiger partial charge in [-0.2, -0.15) is 0 Å². The van der Waals surface area contributed by atoms with Gasteiger partial charge in [0.2, 0.25) is 0 Å². The number of phenols is 1. The monoisotopic (exact) mass is 522 g/mol. The molecular formula is C25H19ClO3Sn. The molecule has 0 heterocycles. The third kappa shape index (κ3) is 5.88. The summed E-state index contributed by atoms with van der Waals surface area (Å²) in [5.41, 5.74) is -0.294. The molecule has 0 bridgehead atoms. The zero-order valence-electron chi connectivity index (χ0n) is 16.0. The van der Waals surface area contributed by atoms with Gasteiger partial charge in [-0.15, -0.1) is 0 Å². The Morgan fingerprint density at radius 2 is 1.10 bits per heavy atom. The van der Waals surface area contributed by atoms with Gasteiger partial charge in [-0.25, -0.2) is 0 Å². The van der Waals surface area contributed by atoms with Crippen molar-refractivity contribution in [3.05, 3.63) is 120 Å². The van der Waals surface area contributed by atoms with Crippen LogP contribution in [-0.4, -0.2) is 30.8 Å². The van der Waals surface area contributed by atoms with Crippen molar-refractivity contribution in [3.8, 4) is 5.75 Å². The fraction of sp³-hybridized carbons (Fsp3) is 0. The van der Waals surface area contributed by atoms with Gasteiger partial charge in [-0.05, 0) is 18.2 Å². The summed E-state index contributed by atoms with van der Waals surface area (Å²) in [6, 6.07) is 36.7. The Kier molecular flexibility index (Phi) is 7.94. The second-order valence-electron chi connectivity index (χ2n) is 6.42. The van der Waals surface area contributed by atoms with Gasteiger partial charge in [0.25, 0.3) is 0 Å². The predicted molar refractivity (Wildman–Crippen MR) is 121 cm³/mol. The summed E-state index contributed by atoms with van der Waals surface area (Å²) < 4.78 is 4.59. The van der Waals surface area contributed by atoms with E-state index in [9.17, 15) is 9.90 Å². The van der Waals surface area contributed by atoms with Crippen LogP contribution in [0.25, 0.3) is 0 Å². The SMILES string of the molecule is O=C([O-])c1cc(Cl)ccc1O.c1cc[c]([Sn+]([c]2ccccc2)[c]2ccccc2)cc1. The number of carbonyl (C=O) groups excluding carboxylic acids is 1. The van der Waals surface area contributed by atoms with Crippen molar-refractivity contribution in [3.63, 3.8) is 0 Å². The fourth-order valence-electron chi connectivity index (χ4n) is 2.99. The van der Waals surface area contributed by atoms with E-state index in [1.54, 1.807) is 0 Å². The van der Waals surface area contributed by atoms with Gasteiger partial charge in [0.1, 0.15) is 5.75 Å². The van der Waals surface area contributed by atoms with Crippen LogP contribution in [0, 0.1) is 0 Å². The van der Waals surface area contributed by atoms with Gasteiger partial charge in [0.15, 0.2) is 0 Å². The molecule has 0 aromatic heterocycles. The van der Waals surface area contributed by atoms with Crippen molar-refractivity contribution in [2.45, 2.75) is 0 Å². The molecule has 0 atom stereocenters. The number of carbonyl (C=O) groups is 1. The number of hydrogen-bond acceptors (Lipinski definition) is 3. The van der Waals surface area contributed by atoms with E-state index in [1.807, 2.05) is 0 Å². The van der Waals surface area contributed by atoms with E-state index in [-0.39, 0.29) is 16.3 Å². The van der Waals surface area contributed by atoms with Gasteiger partial charge in [0.05, 0.1) is 5.97 Å². The first kappa shape index (κ1) is 21.9. The normalized spacial score (nSPS) is 9.90. The van der Waals surface area contributed by atoms with Gasteiger partial charge in [-0.3, -0.25) is 0 Å². The number of aromatic hydroxyl groups is 1. The molecule has 0 aliphatic heterocycles. The summed E-state index contributed by atoms with van der Waals surface area (Å²) in [6.45, 7) is 0. The van der Waals surface area contributed by atoms with E-state index in [0.717, 1.165) is 6.07 Å². The maximum atomic E-state index is 10.2. The van der Waals surface area contributed by atoms with Crippen molar-refractivity contribution in [1.29, 1.82) is 0 Å². The molecule has 3 nitrogen and oxygen atoms in total. The van der Waals surface area contributed by atoms with E-state index >= 15 is 0 Å². The molecule has 0 aliphatic carbocycles. The number of hydrogen-bond donors (Lipinski definition) is 1. The molecule has 4 rings (SSSR count). The number of rotatable bonds is 4. The molecule has 0 unspecified atom stereocenters. The van der Waals surface area contributed by atoms with Crippen LogP contribution in [0.5, 0.6) is 5.75 Å². The molecule has 0 fully saturated rings. The van der Waals surface area contributed by atoms with Gasteiger partial charge < -0.3 is 15.0 Å². The average Bonchev–Trinajstić information content (AvgIpc) is 2.78. The molecule has 1 N–H and O–H groups in total. The van der Waals surface area contributed by atoms with Gasteiger partial charge in [-0.1, -0.05) is 11.6 Å². The Hall–Kier alpha value is -2.76. The number of carboxylic acid groups (broad SMARTS) is 1. The second-order valence-corrected chi connectivity index (χ2v) is 13.9.